The maximum Gasteiger partial charge on any atom is 0.135 e. The van der Waals surface area contributed by atoms with Gasteiger partial charge in [-0.15, -0.1) is 0 Å². The van der Waals surface area contributed by atoms with Crippen LogP contribution in [0.1, 0.15) is 31.5 Å². The summed E-state index contributed by atoms with van der Waals surface area (Å²) in [7, 11) is 0. The van der Waals surface area contributed by atoms with Crippen LogP contribution in [0.25, 0.3) is 0 Å². The molecule has 104 valence electrons. The molecule has 2 N–H and O–H groups in total. The van der Waals surface area contributed by atoms with Gasteiger partial charge >= 0.3 is 0 Å². The van der Waals surface area contributed by atoms with Crippen molar-refractivity contribution in [1.29, 1.82) is 0 Å². The first-order chi connectivity index (χ1) is 9.09. The van der Waals surface area contributed by atoms with Crippen LogP contribution >= 0.6 is 0 Å². The van der Waals surface area contributed by atoms with E-state index in [1.165, 1.54) is 17.7 Å². The molecule has 0 amide bonds. The van der Waals surface area contributed by atoms with Gasteiger partial charge in [-0.2, -0.15) is 0 Å². The number of nitrogens with two attached hydrogens (primary N) is 1. The van der Waals surface area contributed by atoms with Crippen LogP contribution in [0.5, 0.6) is 0 Å². The van der Waals surface area contributed by atoms with E-state index >= 15 is 0 Å². The van der Waals surface area contributed by atoms with Gasteiger partial charge in [-0.3, -0.25) is 0 Å². The molecule has 2 heterocycles. The fraction of sp³-hybridized carbons (Fsp3) is 0.714. The Labute approximate surface area is 114 Å². The van der Waals surface area contributed by atoms with Gasteiger partial charge in [-0.05, 0) is 33.1 Å². The van der Waals surface area contributed by atoms with E-state index in [9.17, 15) is 0 Å². The Morgan fingerprint density at radius 1 is 1.42 bits per heavy atom. The Morgan fingerprint density at radius 3 is 3.05 bits per heavy atom. The summed E-state index contributed by atoms with van der Waals surface area (Å²) in [5, 5.41) is 0. The van der Waals surface area contributed by atoms with Crippen LogP contribution in [0, 0.1) is 0 Å². The molecule has 1 fully saturated rings. The maximum atomic E-state index is 5.98. The number of morpholine rings is 1. The molecule has 0 aromatic carbocycles. The largest absolute Gasteiger partial charge is 0.367 e. The second-order valence-electron chi connectivity index (χ2n) is 6.09. The smallest absolute Gasteiger partial charge is 0.135 e. The summed E-state index contributed by atoms with van der Waals surface area (Å²) in [6, 6.07) is 0. The molecule has 1 unspecified atom stereocenters. The van der Waals surface area contributed by atoms with Crippen LogP contribution in [0.4, 0.5) is 5.82 Å². The number of rotatable bonds is 2. The first-order valence-electron chi connectivity index (χ1n) is 7.04. The maximum absolute atomic E-state index is 5.98. The van der Waals surface area contributed by atoms with Gasteiger partial charge in [0.2, 0.25) is 0 Å². The number of nitrogens with zero attached hydrogens (tertiary/aromatic N) is 3. The predicted octanol–water partition coefficient (Wildman–Crippen LogP) is 0.908. The normalized spacial score (nSPS) is 25.4. The van der Waals surface area contributed by atoms with Crippen molar-refractivity contribution in [3.63, 3.8) is 0 Å². The zero-order valence-electron chi connectivity index (χ0n) is 11.7. The van der Waals surface area contributed by atoms with E-state index in [4.69, 9.17) is 10.5 Å². The van der Waals surface area contributed by atoms with E-state index in [2.05, 4.69) is 28.7 Å². The Balaban J connectivity index is 1.91. The fourth-order valence-corrected chi connectivity index (χ4v) is 3.19. The van der Waals surface area contributed by atoms with E-state index in [1.54, 1.807) is 6.33 Å². The SMILES string of the molecule is CC1(C)CN(c2ncnc3c2CCC3)CC(CN)O1. The van der Waals surface area contributed by atoms with E-state index in [1.807, 2.05) is 0 Å². The molecule has 1 aromatic rings. The van der Waals surface area contributed by atoms with E-state index in [0.29, 0.717) is 6.54 Å². The number of hydrogen-bond acceptors (Lipinski definition) is 5. The Morgan fingerprint density at radius 2 is 2.26 bits per heavy atom. The quantitative estimate of drug-likeness (QED) is 0.858. The first-order valence-corrected chi connectivity index (χ1v) is 7.04. The lowest BCUT2D eigenvalue weighted by Gasteiger charge is -2.43. The average Bonchev–Trinajstić information content (AvgIpc) is 2.84. The van der Waals surface area contributed by atoms with Gasteiger partial charge in [0.15, 0.2) is 0 Å². The third-order valence-corrected chi connectivity index (χ3v) is 3.90. The van der Waals surface area contributed by atoms with Crippen molar-refractivity contribution in [1.82, 2.24) is 9.97 Å². The van der Waals surface area contributed by atoms with Crippen LogP contribution in [-0.2, 0) is 17.6 Å². The van der Waals surface area contributed by atoms with Crippen LogP contribution in [0.3, 0.4) is 0 Å². The molecular weight excluding hydrogens is 240 g/mol. The van der Waals surface area contributed by atoms with Crippen molar-refractivity contribution >= 4 is 5.82 Å². The highest BCUT2D eigenvalue weighted by Crippen LogP contribution is 2.31. The van der Waals surface area contributed by atoms with E-state index in [-0.39, 0.29) is 11.7 Å². The molecule has 19 heavy (non-hydrogen) atoms. The van der Waals surface area contributed by atoms with Gasteiger partial charge in [-0.1, -0.05) is 0 Å². The lowest BCUT2D eigenvalue weighted by atomic mass is 10.0. The Bertz CT molecular complexity index is 475. The Kier molecular flexibility index (Phi) is 3.19. The second-order valence-corrected chi connectivity index (χ2v) is 6.09. The van der Waals surface area contributed by atoms with Gasteiger partial charge in [0, 0.05) is 30.9 Å². The van der Waals surface area contributed by atoms with Gasteiger partial charge in [-0.25, -0.2) is 9.97 Å². The van der Waals surface area contributed by atoms with Crippen LogP contribution in [-0.4, -0.2) is 41.3 Å². The molecule has 0 bridgehead atoms. The van der Waals surface area contributed by atoms with Crippen molar-refractivity contribution < 1.29 is 4.74 Å². The molecule has 2 aliphatic rings. The highest BCUT2D eigenvalue weighted by atomic mass is 16.5. The number of ether oxygens (including phenoxy) is 1. The zero-order chi connectivity index (χ0) is 13.5. The number of aromatic nitrogens is 2. The zero-order valence-corrected chi connectivity index (χ0v) is 11.7. The molecule has 0 radical (unpaired) electrons. The first kappa shape index (κ1) is 12.8. The van der Waals surface area contributed by atoms with Crippen molar-refractivity contribution in [3.05, 3.63) is 17.6 Å². The third kappa shape index (κ3) is 2.44. The van der Waals surface area contributed by atoms with Crippen molar-refractivity contribution in [2.24, 2.45) is 5.73 Å². The Hall–Kier alpha value is -1.20. The van der Waals surface area contributed by atoms with Gasteiger partial charge in [0.05, 0.1) is 11.7 Å². The summed E-state index contributed by atoms with van der Waals surface area (Å²) in [5.41, 5.74) is 8.16. The molecule has 5 heteroatoms. The van der Waals surface area contributed by atoms with Crippen LogP contribution < -0.4 is 10.6 Å². The third-order valence-electron chi connectivity index (χ3n) is 3.90. The number of hydrogen-bond donors (Lipinski definition) is 1. The number of fused-ring (bicyclic) bond motifs is 1. The second kappa shape index (κ2) is 4.72. The minimum atomic E-state index is -0.182. The standard InChI is InChI=1S/C14H22N4O/c1-14(2)8-18(7-10(6-15)19-14)13-11-4-3-5-12(11)16-9-17-13/h9-10H,3-8,15H2,1-2H3. The molecule has 3 rings (SSSR count). The molecule has 1 aliphatic heterocycles. The fourth-order valence-electron chi connectivity index (χ4n) is 3.19. The molecule has 1 aliphatic carbocycles. The highest BCUT2D eigenvalue weighted by molar-refractivity contribution is 5.51. The van der Waals surface area contributed by atoms with Crippen molar-refractivity contribution in [2.45, 2.75) is 44.8 Å². The van der Waals surface area contributed by atoms with Gasteiger partial charge in [0.1, 0.15) is 12.1 Å². The van der Waals surface area contributed by atoms with Crippen molar-refractivity contribution in [3.8, 4) is 0 Å². The summed E-state index contributed by atoms with van der Waals surface area (Å²) < 4.78 is 5.98. The van der Waals surface area contributed by atoms with Gasteiger partial charge < -0.3 is 15.4 Å². The summed E-state index contributed by atoms with van der Waals surface area (Å²) in [5.74, 6) is 1.09. The summed E-state index contributed by atoms with van der Waals surface area (Å²) >= 11 is 0. The minimum absolute atomic E-state index is 0.0794. The van der Waals surface area contributed by atoms with Crippen LogP contribution in [0.15, 0.2) is 6.33 Å². The van der Waals surface area contributed by atoms with Crippen LogP contribution in [0.2, 0.25) is 0 Å². The highest BCUT2D eigenvalue weighted by Gasteiger charge is 2.35. The monoisotopic (exact) mass is 262 g/mol. The molecule has 0 spiro atoms. The van der Waals surface area contributed by atoms with E-state index in [0.717, 1.165) is 31.7 Å². The lowest BCUT2D eigenvalue weighted by Crippen LogP contribution is -2.55. The van der Waals surface area contributed by atoms with E-state index < -0.39 is 0 Å². The molecular formula is C14H22N4O. The van der Waals surface area contributed by atoms with Crippen molar-refractivity contribution in [2.75, 3.05) is 24.5 Å². The predicted molar refractivity (Wildman–Crippen MR) is 74.3 cm³/mol. The summed E-state index contributed by atoms with van der Waals surface area (Å²) in [4.78, 5) is 11.2. The molecule has 5 nitrogen and oxygen atoms in total. The average molecular weight is 262 g/mol. The molecule has 1 atom stereocenters. The van der Waals surface area contributed by atoms with Gasteiger partial charge in [0.25, 0.3) is 0 Å². The topological polar surface area (TPSA) is 64.3 Å². The summed E-state index contributed by atoms with van der Waals surface area (Å²) in [6.07, 6.45) is 5.14. The molecule has 1 saturated heterocycles. The summed E-state index contributed by atoms with van der Waals surface area (Å²) in [6.45, 7) is 6.45. The lowest BCUT2D eigenvalue weighted by molar-refractivity contribution is -0.0790. The number of anilines is 1. The molecule has 1 aromatic heterocycles. The minimum Gasteiger partial charge on any atom is -0.367 e. The number of aryl methyl sites for hydroxylation is 1. The molecule has 0 saturated carbocycles.